The number of hydrogen-bond acceptors (Lipinski definition) is 4. The van der Waals surface area contributed by atoms with Crippen molar-refractivity contribution in [3.8, 4) is 5.75 Å². The number of rotatable bonds is 7. The maximum Gasteiger partial charge on any atom is 0.406 e. The summed E-state index contributed by atoms with van der Waals surface area (Å²) in [6.45, 7) is -1.13. The van der Waals surface area contributed by atoms with Crippen molar-refractivity contribution in [3.05, 3.63) is 84.3 Å². The van der Waals surface area contributed by atoms with Crippen LogP contribution in [0.1, 0.15) is 22.1 Å². The zero-order valence-electron chi connectivity index (χ0n) is 17.2. The minimum absolute atomic E-state index is 0.0681. The molecule has 1 amide bonds. The quantitative estimate of drug-likeness (QED) is 0.401. The van der Waals surface area contributed by atoms with E-state index >= 15 is 0 Å². The van der Waals surface area contributed by atoms with E-state index in [0.717, 1.165) is 15.3 Å². The van der Waals surface area contributed by atoms with Gasteiger partial charge in [0, 0.05) is 19.4 Å². The lowest BCUT2D eigenvalue weighted by Crippen LogP contribution is -2.28. The summed E-state index contributed by atoms with van der Waals surface area (Å²) in [4.78, 5) is 17.8. The van der Waals surface area contributed by atoms with Crippen LogP contribution in [0.5, 0.6) is 5.75 Å². The molecule has 4 aromatic rings. The standard InChI is InChI=1S/C23H20F3N3O3/c1-28(13-21-27-10-11-29(21)15-23(24,25)26)22(30)20-9-8-19(32-20)14-31-18-7-6-16-4-2-3-5-17(16)12-18/h2-12H,13-15H2,1H3. The first-order valence-corrected chi connectivity index (χ1v) is 9.81. The molecule has 2 heterocycles. The van der Waals surface area contributed by atoms with E-state index in [9.17, 15) is 18.0 Å². The number of aromatic nitrogens is 2. The normalized spacial score (nSPS) is 11.6. The van der Waals surface area contributed by atoms with Gasteiger partial charge in [0.15, 0.2) is 5.76 Å². The monoisotopic (exact) mass is 443 g/mol. The van der Waals surface area contributed by atoms with E-state index in [2.05, 4.69) is 4.98 Å². The number of furan rings is 1. The largest absolute Gasteiger partial charge is 0.486 e. The SMILES string of the molecule is CN(Cc1nccn1CC(F)(F)F)C(=O)c1ccc(COc2ccc3ccccc3c2)o1. The Bertz CT molecular complexity index is 1230. The Balaban J connectivity index is 1.37. The molecule has 0 radical (unpaired) electrons. The highest BCUT2D eigenvalue weighted by Gasteiger charge is 2.29. The Morgan fingerprint density at radius 3 is 2.69 bits per heavy atom. The molecule has 0 spiro atoms. The van der Waals surface area contributed by atoms with Crippen molar-refractivity contribution in [3.63, 3.8) is 0 Å². The number of imidazole rings is 1. The molecular weight excluding hydrogens is 423 g/mol. The van der Waals surface area contributed by atoms with Gasteiger partial charge in [-0.05, 0) is 35.0 Å². The first-order chi connectivity index (χ1) is 15.3. The molecule has 32 heavy (non-hydrogen) atoms. The first-order valence-electron chi connectivity index (χ1n) is 9.81. The topological polar surface area (TPSA) is 60.5 Å². The second-order valence-electron chi connectivity index (χ2n) is 7.31. The Kier molecular flexibility index (Phi) is 5.89. The number of carbonyl (C=O) groups is 1. The number of halogens is 3. The summed E-state index contributed by atoms with van der Waals surface area (Å²) in [7, 11) is 1.47. The Hall–Kier alpha value is -3.75. The van der Waals surface area contributed by atoms with Gasteiger partial charge in [-0.2, -0.15) is 13.2 Å². The number of alkyl halides is 3. The van der Waals surface area contributed by atoms with Gasteiger partial charge in [-0.1, -0.05) is 30.3 Å². The van der Waals surface area contributed by atoms with Crippen LogP contribution in [0.2, 0.25) is 0 Å². The fraction of sp³-hybridized carbons (Fsp3) is 0.217. The molecule has 0 unspecified atom stereocenters. The Morgan fingerprint density at radius 1 is 1.12 bits per heavy atom. The third kappa shape index (κ3) is 5.11. The minimum atomic E-state index is -4.38. The van der Waals surface area contributed by atoms with Gasteiger partial charge in [0.05, 0.1) is 6.54 Å². The number of nitrogens with zero attached hydrogens (tertiary/aromatic N) is 3. The third-order valence-corrected chi connectivity index (χ3v) is 4.85. The molecule has 6 nitrogen and oxygen atoms in total. The van der Waals surface area contributed by atoms with Crippen LogP contribution in [0.4, 0.5) is 13.2 Å². The van der Waals surface area contributed by atoms with E-state index < -0.39 is 18.6 Å². The van der Waals surface area contributed by atoms with E-state index in [1.54, 1.807) is 6.07 Å². The van der Waals surface area contributed by atoms with E-state index in [4.69, 9.17) is 9.15 Å². The van der Waals surface area contributed by atoms with Crippen molar-refractivity contribution in [1.82, 2.24) is 14.5 Å². The summed E-state index contributed by atoms with van der Waals surface area (Å²) in [6, 6.07) is 16.8. The summed E-state index contributed by atoms with van der Waals surface area (Å²) in [5.74, 6) is 0.849. The van der Waals surface area contributed by atoms with E-state index in [0.29, 0.717) is 11.5 Å². The van der Waals surface area contributed by atoms with Crippen molar-refractivity contribution in [2.24, 2.45) is 0 Å². The Morgan fingerprint density at radius 2 is 1.91 bits per heavy atom. The second-order valence-corrected chi connectivity index (χ2v) is 7.31. The van der Waals surface area contributed by atoms with Gasteiger partial charge >= 0.3 is 6.18 Å². The maximum absolute atomic E-state index is 12.7. The smallest absolute Gasteiger partial charge is 0.406 e. The van der Waals surface area contributed by atoms with Crippen LogP contribution in [0.15, 0.2) is 71.4 Å². The molecule has 0 N–H and O–H groups in total. The lowest BCUT2D eigenvalue weighted by atomic mass is 10.1. The van der Waals surface area contributed by atoms with Crippen molar-refractivity contribution in [2.75, 3.05) is 7.05 Å². The predicted molar refractivity (Wildman–Crippen MR) is 111 cm³/mol. The van der Waals surface area contributed by atoms with Gasteiger partial charge in [-0.3, -0.25) is 4.79 Å². The van der Waals surface area contributed by atoms with Crippen LogP contribution in [-0.2, 0) is 19.7 Å². The van der Waals surface area contributed by atoms with Crippen LogP contribution in [-0.4, -0.2) is 33.6 Å². The number of amides is 1. The molecule has 2 aromatic heterocycles. The second kappa shape index (κ2) is 8.78. The molecule has 0 aliphatic heterocycles. The molecule has 0 fully saturated rings. The fourth-order valence-electron chi connectivity index (χ4n) is 3.28. The van der Waals surface area contributed by atoms with Crippen LogP contribution in [0.3, 0.4) is 0 Å². The average molecular weight is 443 g/mol. The van der Waals surface area contributed by atoms with Crippen molar-refractivity contribution < 1.29 is 27.1 Å². The van der Waals surface area contributed by atoms with Gasteiger partial charge in [0.25, 0.3) is 5.91 Å². The summed E-state index contributed by atoms with van der Waals surface area (Å²) < 4.78 is 50.3. The fourth-order valence-corrected chi connectivity index (χ4v) is 3.28. The van der Waals surface area contributed by atoms with Crippen LogP contribution in [0.25, 0.3) is 10.8 Å². The predicted octanol–water partition coefficient (Wildman–Crippen LogP) is 5.04. The van der Waals surface area contributed by atoms with Crippen molar-refractivity contribution in [2.45, 2.75) is 25.9 Å². The van der Waals surface area contributed by atoms with Gasteiger partial charge in [0.2, 0.25) is 0 Å². The molecule has 0 atom stereocenters. The summed E-state index contributed by atoms with van der Waals surface area (Å²) >= 11 is 0. The molecule has 9 heteroatoms. The highest BCUT2D eigenvalue weighted by atomic mass is 19.4. The number of fused-ring (bicyclic) bond motifs is 1. The summed E-state index contributed by atoms with van der Waals surface area (Å²) in [5, 5.41) is 2.15. The van der Waals surface area contributed by atoms with E-state index in [1.165, 1.54) is 30.4 Å². The van der Waals surface area contributed by atoms with Crippen molar-refractivity contribution in [1.29, 1.82) is 0 Å². The van der Waals surface area contributed by atoms with Gasteiger partial charge in [-0.25, -0.2) is 4.98 Å². The van der Waals surface area contributed by atoms with Gasteiger partial charge in [-0.15, -0.1) is 0 Å². The van der Waals surface area contributed by atoms with E-state index in [1.807, 2.05) is 42.5 Å². The maximum atomic E-state index is 12.7. The minimum Gasteiger partial charge on any atom is -0.486 e. The zero-order valence-corrected chi connectivity index (χ0v) is 17.2. The van der Waals surface area contributed by atoms with E-state index in [-0.39, 0.29) is 24.7 Å². The van der Waals surface area contributed by atoms with Crippen LogP contribution >= 0.6 is 0 Å². The molecule has 0 saturated heterocycles. The lowest BCUT2D eigenvalue weighted by Gasteiger charge is -2.17. The number of carbonyl (C=O) groups excluding carboxylic acids is 1. The highest BCUT2D eigenvalue weighted by Crippen LogP contribution is 2.22. The molecule has 2 aromatic carbocycles. The van der Waals surface area contributed by atoms with Crippen molar-refractivity contribution >= 4 is 16.7 Å². The molecule has 0 aliphatic rings. The molecule has 0 bridgehead atoms. The number of benzene rings is 2. The van der Waals surface area contributed by atoms with Crippen LogP contribution in [0, 0.1) is 0 Å². The Labute approximate surface area is 181 Å². The highest BCUT2D eigenvalue weighted by molar-refractivity contribution is 5.91. The van der Waals surface area contributed by atoms with Gasteiger partial charge in [0.1, 0.15) is 30.5 Å². The molecule has 0 aliphatic carbocycles. The summed E-state index contributed by atoms with van der Waals surface area (Å²) in [6.07, 6.45) is -1.87. The average Bonchev–Trinajstić information content (AvgIpc) is 3.40. The lowest BCUT2D eigenvalue weighted by molar-refractivity contribution is -0.141. The first kappa shape index (κ1) is 21.5. The molecule has 0 saturated carbocycles. The zero-order chi connectivity index (χ0) is 22.7. The number of ether oxygens (including phenoxy) is 1. The van der Waals surface area contributed by atoms with Gasteiger partial charge < -0.3 is 18.6 Å². The third-order valence-electron chi connectivity index (χ3n) is 4.85. The molecule has 4 rings (SSSR count). The molecule has 166 valence electrons. The molecular formula is C23H20F3N3O3. The van der Waals surface area contributed by atoms with Crippen LogP contribution < -0.4 is 4.74 Å². The number of hydrogen-bond donors (Lipinski definition) is 0. The summed E-state index contributed by atoms with van der Waals surface area (Å²) in [5.41, 5.74) is 0.